The lowest BCUT2D eigenvalue weighted by Gasteiger charge is -2.30. The molecule has 1 atom stereocenters. The molecule has 0 aromatic heterocycles. The highest BCUT2D eigenvalue weighted by Gasteiger charge is 2.24. The molecule has 0 saturated heterocycles. The van der Waals surface area contributed by atoms with Crippen LogP contribution in [0.15, 0.2) is 29.2 Å². The van der Waals surface area contributed by atoms with Crippen molar-refractivity contribution in [1.82, 2.24) is 5.32 Å². The first-order valence-corrected chi connectivity index (χ1v) is 8.88. The van der Waals surface area contributed by atoms with E-state index in [0.29, 0.717) is 0 Å². The van der Waals surface area contributed by atoms with Crippen molar-refractivity contribution in [1.29, 1.82) is 0 Å². The van der Waals surface area contributed by atoms with Crippen molar-refractivity contribution in [2.75, 3.05) is 19.4 Å². The van der Waals surface area contributed by atoms with Crippen molar-refractivity contribution in [2.45, 2.75) is 62.8 Å². The number of aliphatic hydroxyl groups excluding tert-OH is 1. The predicted octanol–water partition coefficient (Wildman–Crippen LogP) is 4.22. The Morgan fingerprint density at radius 2 is 1.76 bits per heavy atom. The average molecular weight is 310 g/mol. The van der Waals surface area contributed by atoms with Crippen LogP contribution in [0.5, 0.6) is 0 Å². The highest BCUT2D eigenvalue weighted by Crippen LogP contribution is 2.27. The summed E-state index contributed by atoms with van der Waals surface area (Å²) < 4.78 is 0. The number of aliphatic hydroxyl groups is 1. The zero-order valence-electron chi connectivity index (χ0n) is 14.2. The van der Waals surface area contributed by atoms with Gasteiger partial charge in [-0.05, 0) is 55.2 Å². The second-order valence-electron chi connectivity index (χ2n) is 6.77. The van der Waals surface area contributed by atoms with Crippen molar-refractivity contribution in [2.24, 2.45) is 0 Å². The molecule has 0 radical (unpaired) electrons. The molecular weight excluding hydrogens is 278 g/mol. The third-order valence-corrected chi connectivity index (χ3v) is 5.40. The summed E-state index contributed by atoms with van der Waals surface area (Å²) in [4.78, 5) is 1.33. The molecule has 0 fully saturated rings. The maximum atomic E-state index is 9.53. The van der Waals surface area contributed by atoms with E-state index in [1.807, 2.05) is 18.8 Å². The van der Waals surface area contributed by atoms with Gasteiger partial charge in [-0.1, -0.05) is 39.8 Å². The number of rotatable bonds is 8. The molecule has 1 aromatic rings. The van der Waals surface area contributed by atoms with Gasteiger partial charge in [0.05, 0.1) is 6.61 Å². The zero-order chi connectivity index (χ0) is 15.9. The van der Waals surface area contributed by atoms with Crippen LogP contribution >= 0.6 is 11.8 Å². The van der Waals surface area contributed by atoms with Crippen LogP contribution < -0.4 is 5.32 Å². The molecule has 120 valence electrons. The molecule has 21 heavy (non-hydrogen) atoms. The van der Waals surface area contributed by atoms with E-state index in [-0.39, 0.29) is 17.6 Å². The number of thioether (sulfide) groups is 1. The molecule has 3 heteroatoms. The smallest absolute Gasteiger partial charge is 0.0613 e. The minimum Gasteiger partial charge on any atom is -0.394 e. The molecule has 1 unspecified atom stereocenters. The van der Waals surface area contributed by atoms with Crippen LogP contribution in [0.25, 0.3) is 0 Å². The van der Waals surface area contributed by atoms with Gasteiger partial charge in [0, 0.05) is 10.4 Å². The van der Waals surface area contributed by atoms with E-state index in [0.717, 1.165) is 25.0 Å². The average Bonchev–Trinajstić information content (AvgIpc) is 2.48. The molecule has 0 heterocycles. The molecule has 0 spiro atoms. The molecule has 0 aliphatic heterocycles. The van der Waals surface area contributed by atoms with E-state index in [2.05, 4.69) is 57.3 Å². The highest BCUT2D eigenvalue weighted by molar-refractivity contribution is 7.99. The van der Waals surface area contributed by atoms with Gasteiger partial charge in [-0.15, -0.1) is 11.8 Å². The van der Waals surface area contributed by atoms with Crippen LogP contribution in [0.3, 0.4) is 0 Å². The molecule has 0 aliphatic rings. The molecule has 2 N–H and O–H groups in total. The van der Waals surface area contributed by atoms with Gasteiger partial charge in [-0.2, -0.15) is 0 Å². The van der Waals surface area contributed by atoms with Crippen molar-refractivity contribution < 1.29 is 5.11 Å². The Morgan fingerprint density at radius 3 is 2.19 bits per heavy atom. The lowest BCUT2D eigenvalue weighted by Crippen LogP contribution is -2.45. The molecule has 0 saturated carbocycles. The highest BCUT2D eigenvalue weighted by atomic mass is 32.2. The van der Waals surface area contributed by atoms with E-state index in [1.54, 1.807) is 0 Å². The van der Waals surface area contributed by atoms with Gasteiger partial charge in [-0.3, -0.25) is 0 Å². The topological polar surface area (TPSA) is 32.3 Å². The van der Waals surface area contributed by atoms with Crippen LogP contribution in [0, 0.1) is 0 Å². The molecule has 1 aromatic carbocycles. The molecular formula is C18H31NOS. The van der Waals surface area contributed by atoms with E-state index in [9.17, 15) is 5.11 Å². The van der Waals surface area contributed by atoms with Gasteiger partial charge in [0.25, 0.3) is 0 Å². The summed E-state index contributed by atoms with van der Waals surface area (Å²) in [5, 5.41) is 12.8. The Balaban J connectivity index is 2.43. The Labute approximate surface area is 134 Å². The minimum absolute atomic E-state index is 0.101. The van der Waals surface area contributed by atoms with E-state index in [4.69, 9.17) is 0 Å². The first-order chi connectivity index (χ1) is 9.87. The summed E-state index contributed by atoms with van der Waals surface area (Å²) in [6.45, 7) is 9.07. The number of nitrogens with one attached hydrogen (secondary N) is 1. The maximum Gasteiger partial charge on any atom is 0.0613 e. The maximum absolute atomic E-state index is 9.53. The molecule has 0 aliphatic carbocycles. The summed E-state index contributed by atoms with van der Waals surface area (Å²) in [7, 11) is 1.94. The number of likely N-dealkylation sites (N-methyl/N-ethyl adjacent to an activating group) is 1. The Hall–Kier alpha value is -0.510. The Kier molecular flexibility index (Phi) is 7.25. The van der Waals surface area contributed by atoms with E-state index < -0.39 is 0 Å². The van der Waals surface area contributed by atoms with Crippen molar-refractivity contribution >= 4 is 11.8 Å². The number of benzene rings is 1. The molecule has 0 amide bonds. The zero-order valence-corrected chi connectivity index (χ0v) is 15.0. The summed E-state index contributed by atoms with van der Waals surface area (Å²) >= 11 is 1.90. The lowest BCUT2D eigenvalue weighted by molar-refractivity contribution is 0.154. The normalized spacial score (nSPS) is 15.0. The van der Waals surface area contributed by atoms with Gasteiger partial charge in [-0.25, -0.2) is 0 Å². The summed E-state index contributed by atoms with van der Waals surface area (Å²) in [6, 6.07) is 8.92. The SMILES string of the molecule is CCC(CO)(CCCSc1ccc(C(C)(C)C)cc1)NC. The second kappa shape index (κ2) is 8.21. The predicted molar refractivity (Wildman–Crippen MR) is 94.3 cm³/mol. The number of hydrogen-bond donors (Lipinski definition) is 2. The summed E-state index contributed by atoms with van der Waals surface area (Å²) in [6.07, 6.45) is 3.09. The van der Waals surface area contributed by atoms with Crippen LogP contribution in [0.1, 0.15) is 52.5 Å². The first-order valence-electron chi connectivity index (χ1n) is 7.90. The molecule has 1 rings (SSSR count). The largest absolute Gasteiger partial charge is 0.394 e. The second-order valence-corrected chi connectivity index (χ2v) is 7.94. The fourth-order valence-electron chi connectivity index (χ4n) is 2.40. The molecule has 2 nitrogen and oxygen atoms in total. The van der Waals surface area contributed by atoms with Gasteiger partial charge < -0.3 is 10.4 Å². The van der Waals surface area contributed by atoms with Gasteiger partial charge >= 0.3 is 0 Å². The fraction of sp³-hybridized carbons (Fsp3) is 0.667. The first kappa shape index (κ1) is 18.5. The monoisotopic (exact) mass is 309 g/mol. The van der Waals surface area contributed by atoms with E-state index in [1.165, 1.54) is 10.5 Å². The fourth-order valence-corrected chi connectivity index (χ4v) is 3.25. The molecule has 0 bridgehead atoms. The van der Waals surface area contributed by atoms with Crippen LogP contribution in [-0.4, -0.2) is 30.1 Å². The summed E-state index contributed by atoms with van der Waals surface area (Å²) in [5.41, 5.74) is 1.50. The minimum atomic E-state index is -0.101. The number of hydrogen-bond acceptors (Lipinski definition) is 3. The lowest BCUT2D eigenvalue weighted by atomic mass is 9.87. The van der Waals surface area contributed by atoms with Crippen molar-refractivity contribution in [3.8, 4) is 0 Å². The Morgan fingerprint density at radius 1 is 1.14 bits per heavy atom. The van der Waals surface area contributed by atoms with Crippen molar-refractivity contribution in [3.05, 3.63) is 29.8 Å². The van der Waals surface area contributed by atoms with Crippen LogP contribution in [0.2, 0.25) is 0 Å². The quantitative estimate of drug-likeness (QED) is 0.557. The summed E-state index contributed by atoms with van der Waals surface area (Å²) in [5.74, 6) is 1.10. The van der Waals surface area contributed by atoms with Gasteiger partial charge in [0.1, 0.15) is 0 Å². The van der Waals surface area contributed by atoms with Crippen LogP contribution in [-0.2, 0) is 5.41 Å². The third kappa shape index (κ3) is 5.65. The van der Waals surface area contributed by atoms with Crippen LogP contribution in [0.4, 0.5) is 0 Å². The Bertz CT molecular complexity index is 396. The van der Waals surface area contributed by atoms with Gasteiger partial charge in [0.15, 0.2) is 0 Å². The third-order valence-electron chi connectivity index (χ3n) is 4.30. The van der Waals surface area contributed by atoms with E-state index >= 15 is 0 Å². The standard InChI is InChI=1S/C18H31NOS/c1-6-18(14-20,19-5)12-7-13-21-16-10-8-15(9-11-16)17(2,3)4/h8-11,19-20H,6-7,12-14H2,1-5H3. The van der Waals surface area contributed by atoms with Gasteiger partial charge in [0.2, 0.25) is 0 Å². The van der Waals surface area contributed by atoms with Crippen molar-refractivity contribution in [3.63, 3.8) is 0 Å².